The summed E-state index contributed by atoms with van der Waals surface area (Å²) in [7, 11) is 2.91. The Labute approximate surface area is 100.0 Å². The SMILES string of the molecule is COCCNc1ccc(C(=O)OC)cc1C#N. The molecule has 0 saturated heterocycles. The monoisotopic (exact) mass is 234 g/mol. The third-order valence-corrected chi connectivity index (χ3v) is 2.18. The van der Waals surface area contributed by atoms with Gasteiger partial charge in [0.2, 0.25) is 0 Å². The summed E-state index contributed by atoms with van der Waals surface area (Å²) in [5, 5.41) is 12.0. The van der Waals surface area contributed by atoms with Gasteiger partial charge in [0.15, 0.2) is 0 Å². The van der Waals surface area contributed by atoms with Crippen molar-refractivity contribution in [3.8, 4) is 6.07 Å². The van der Waals surface area contributed by atoms with Gasteiger partial charge in [0.05, 0.1) is 30.5 Å². The average molecular weight is 234 g/mol. The second-order valence-corrected chi connectivity index (χ2v) is 3.28. The lowest BCUT2D eigenvalue weighted by atomic mass is 10.1. The van der Waals surface area contributed by atoms with Crippen molar-refractivity contribution in [2.24, 2.45) is 0 Å². The number of esters is 1. The summed E-state index contributed by atoms with van der Waals surface area (Å²) in [4.78, 5) is 11.3. The molecule has 0 aliphatic carbocycles. The molecular formula is C12H14N2O3. The number of anilines is 1. The number of benzene rings is 1. The first-order chi connectivity index (χ1) is 8.22. The highest BCUT2D eigenvalue weighted by Crippen LogP contribution is 2.17. The van der Waals surface area contributed by atoms with Gasteiger partial charge in [-0.3, -0.25) is 0 Å². The molecule has 1 aromatic rings. The van der Waals surface area contributed by atoms with Gasteiger partial charge < -0.3 is 14.8 Å². The first kappa shape index (κ1) is 13.0. The Morgan fingerprint density at radius 1 is 1.47 bits per heavy atom. The molecular weight excluding hydrogens is 220 g/mol. The number of ether oxygens (including phenoxy) is 2. The van der Waals surface area contributed by atoms with E-state index in [2.05, 4.69) is 10.1 Å². The zero-order valence-electron chi connectivity index (χ0n) is 9.82. The van der Waals surface area contributed by atoms with Gasteiger partial charge in [-0.1, -0.05) is 0 Å². The number of carbonyl (C=O) groups is 1. The Balaban J connectivity index is 2.87. The van der Waals surface area contributed by atoms with E-state index < -0.39 is 5.97 Å². The highest BCUT2D eigenvalue weighted by molar-refractivity contribution is 5.90. The molecule has 17 heavy (non-hydrogen) atoms. The molecule has 0 aromatic heterocycles. The van der Waals surface area contributed by atoms with Crippen LogP contribution < -0.4 is 5.32 Å². The molecule has 0 heterocycles. The van der Waals surface area contributed by atoms with Crippen molar-refractivity contribution in [2.45, 2.75) is 0 Å². The third-order valence-electron chi connectivity index (χ3n) is 2.18. The second-order valence-electron chi connectivity index (χ2n) is 3.28. The van der Waals surface area contributed by atoms with Crippen LogP contribution in [-0.4, -0.2) is 33.3 Å². The summed E-state index contributed by atoms with van der Waals surface area (Å²) in [6.45, 7) is 1.15. The number of hydrogen-bond donors (Lipinski definition) is 1. The quantitative estimate of drug-likeness (QED) is 0.616. The number of nitriles is 1. The lowest BCUT2D eigenvalue weighted by molar-refractivity contribution is 0.0600. The minimum atomic E-state index is -0.454. The molecule has 0 radical (unpaired) electrons. The number of nitrogens with zero attached hydrogens (tertiary/aromatic N) is 1. The summed E-state index contributed by atoms with van der Waals surface area (Å²) in [5.41, 5.74) is 1.45. The molecule has 0 bridgehead atoms. The number of carbonyl (C=O) groups excluding carboxylic acids is 1. The van der Waals surface area contributed by atoms with Crippen molar-refractivity contribution < 1.29 is 14.3 Å². The van der Waals surface area contributed by atoms with Crippen molar-refractivity contribution in [2.75, 3.05) is 32.7 Å². The molecule has 0 amide bonds. The van der Waals surface area contributed by atoms with Crippen molar-refractivity contribution in [3.63, 3.8) is 0 Å². The molecule has 0 saturated carbocycles. The fourth-order valence-electron chi connectivity index (χ4n) is 1.32. The smallest absolute Gasteiger partial charge is 0.337 e. The van der Waals surface area contributed by atoms with Gasteiger partial charge in [0.1, 0.15) is 6.07 Å². The third kappa shape index (κ3) is 3.47. The molecule has 0 aliphatic rings. The lowest BCUT2D eigenvalue weighted by Crippen LogP contribution is -2.09. The van der Waals surface area contributed by atoms with Crippen LogP contribution in [0.1, 0.15) is 15.9 Å². The molecule has 0 unspecified atom stereocenters. The summed E-state index contributed by atoms with van der Waals surface area (Å²) >= 11 is 0. The van der Waals surface area contributed by atoms with Crippen LogP contribution >= 0.6 is 0 Å². The van der Waals surface area contributed by atoms with Crippen LogP contribution in [0.4, 0.5) is 5.69 Å². The summed E-state index contributed by atoms with van der Waals surface area (Å²) in [6, 6.07) is 6.83. The van der Waals surface area contributed by atoms with Gasteiger partial charge in [-0.25, -0.2) is 4.79 Å². The van der Waals surface area contributed by atoms with Gasteiger partial charge in [-0.2, -0.15) is 5.26 Å². The largest absolute Gasteiger partial charge is 0.465 e. The van der Waals surface area contributed by atoms with E-state index in [9.17, 15) is 4.79 Å². The minimum Gasteiger partial charge on any atom is -0.465 e. The number of rotatable bonds is 5. The first-order valence-corrected chi connectivity index (χ1v) is 5.08. The second kappa shape index (κ2) is 6.51. The Morgan fingerprint density at radius 3 is 2.82 bits per heavy atom. The van der Waals surface area contributed by atoms with Crippen LogP contribution in [0.3, 0.4) is 0 Å². The van der Waals surface area contributed by atoms with E-state index in [-0.39, 0.29) is 0 Å². The van der Waals surface area contributed by atoms with Gasteiger partial charge in [-0.05, 0) is 18.2 Å². The molecule has 0 aliphatic heterocycles. The Bertz CT molecular complexity index is 438. The first-order valence-electron chi connectivity index (χ1n) is 5.08. The van der Waals surface area contributed by atoms with E-state index in [1.54, 1.807) is 19.2 Å². The van der Waals surface area contributed by atoms with Gasteiger partial charge in [0, 0.05) is 13.7 Å². The summed E-state index contributed by atoms with van der Waals surface area (Å²) < 4.78 is 9.48. The Hall–Kier alpha value is -2.06. The standard InChI is InChI=1S/C12H14N2O3/c1-16-6-5-14-11-4-3-9(12(15)17-2)7-10(11)8-13/h3-4,7,14H,5-6H2,1-2H3. The van der Waals surface area contributed by atoms with Gasteiger partial charge >= 0.3 is 5.97 Å². The summed E-state index contributed by atoms with van der Waals surface area (Å²) in [5.74, 6) is -0.454. The maximum atomic E-state index is 11.3. The fourth-order valence-corrected chi connectivity index (χ4v) is 1.32. The number of nitrogens with one attached hydrogen (secondary N) is 1. The van der Waals surface area contributed by atoms with Crippen LogP contribution in [-0.2, 0) is 9.47 Å². The Kier molecular flexibility index (Phi) is 4.98. The molecule has 1 rings (SSSR count). The maximum absolute atomic E-state index is 11.3. The molecule has 0 fully saturated rings. The molecule has 5 nitrogen and oxygen atoms in total. The number of methoxy groups -OCH3 is 2. The van der Waals surface area contributed by atoms with E-state index in [1.165, 1.54) is 13.2 Å². The Morgan fingerprint density at radius 2 is 2.24 bits per heavy atom. The van der Waals surface area contributed by atoms with E-state index in [0.717, 1.165) is 0 Å². The normalized spacial score (nSPS) is 9.47. The van der Waals surface area contributed by atoms with E-state index in [4.69, 9.17) is 10.00 Å². The van der Waals surface area contributed by atoms with Crippen molar-refractivity contribution >= 4 is 11.7 Å². The van der Waals surface area contributed by atoms with Gasteiger partial charge in [0.25, 0.3) is 0 Å². The van der Waals surface area contributed by atoms with Crippen LogP contribution in [0.5, 0.6) is 0 Å². The molecule has 1 aromatic carbocycles. The predicted molar refractivity (Wildman–Crippen MR) is 62.9 cm³/mol. The topological polar surface area (TPSA) is 71.3 Å². The van der Waals surface area contributed by atoms with E-state index in [1.807, 2.05) is 6.07 Å². The zero-order chi connectivity index (χ0) is 12.7. The van der Waals surface area contributed by atoms with Crippen molar-refractivity contribution in [1.29, 1.82) is 5.26 Å². The average Bonchev–Trinajstić information content (AvgIpc) is 2.38. The van der Waals surface area contributed by atoms with Crippen LogP contribution in [0.15, 0.2) is 18.2 Å². The lowest BCUT2D eigenvalue weighted by Gasteiger charge is -2.08. The van der Waals surface area contributed by atoms with Crippen LogP contribution in [0.25, 0.3) is 0 Å². The van der Waals surface area contributed by atoms with Crippen LogP contribution in [0, 0.1) is 11.3 Å². The molecule has 90 valence electrons. The molecule has 0 atom stereocenters. The van der Waals surface area contributed by atoms with Gasteiger partial charge in [-0.15, -0.1) is 0 Å². The minimum absolute atomic E-state index is 0.362. The maximum Gasteiger partial charge on any atom is 0.337 e. The fraction of sp³-hybridized carbons (Fsp3) is 0.333. The molecule has 0 spiro atoms. The van der Waals surface area contributed by atoms with Crippen LogP contribution in [0.2, 0.25) is 0 Å². The predicted octanol–water partition coefficient (Wildman–Crippen LogP) is 1.40. The highest BCUT2D eigenvalue weighted by Gasteiger charge is 2.09. The molecule has 5 heteroatoms. The van der Waals surface area contributed by atoms with Crippen molar-refractivity contribution in [3.05, 3.63) is 29.3 Å². The van der Waals surface area contributed by atoms with E-state index >= 15 is 0 Å². The highest BCUT2D eigenvalue weighted by atomic mass is 16.5. The zero-order valence-corrected chi connectivity index (χ0v) is 9.82. The summed E-state index contributed by atoms with van der Waals surface area (Å²) in [6.07, 6.45) is 0. The van der Waals surface area contributed by atoms with Crippen molar-refractivity contribution in [1.82, 2.24) is 0 Å². The van der Waals surface area contributed by atoms with E-state index in [0.29, 0.717) is 30.0 Å². The number of hydrogen-bond acceptors (Lipinski definition) is 5. The molecule has 1 N–H and O–H groups in total.